The fourth-order valence-electron chi connectivity index (χ4n) is 2.68. The number of thiazole rings is 1. The molecule has 0 unspecified atom stereocenters. The molecular weight excluding hydrogens is 392 g/mol. The maximum atomic E-state index is 12.1. The molecule has 7 heteroatoms. The smallest absolute Gasteiger partial charge is 0.316 e. The highest BCUT2D eigenvalue weighted by molar-refractivity contribution is 8.01. The van der Waals surface area contributed by atoms with Gasteiger partial charge in [0.15, 0.2) is 10.9 Å². The third-order valence-corrected chi connectivity index (χ3v) is 6.33. The molecule has 146 valence electrons. The van der Waals surface area contributed by atoms with Crippen LogP contribution >= 0.6 is 23.1 Å². The number of hydrogen-bond acceptors (Lipinski definition) is 6. The number of carbonyl (C=O) groups is 2. The van der Waals surface area contributed by atoms with Gasteiger partial charge < -0.3 is 10.1 Å². The highest BCUT2D eigenvalue weighted by Gasteiger charge is 2.15. The van der Waals surface area contributed by atoms with E-state index in [0.717, 1.165) is 26.5 Å². The Kier molecular flexibility index (Phi) is 7.06. The average Bonchev–Trinajstić information content (AvgIpc) is 3.12. The van der Waals surface area contributed by atoms with E-state index in [4.69, 9.17) is 4.74 Å². The van der Waals surface area contributed by atoms with Crippen molar-refractivity contribution in [2.45, 2.75) is 30.6 Å². The molecule has 0 bridgehead atoms. The molecule has 0 aliphatic heterocycles. The van der Waals surface area contributed by atoms with Gasteiger partial charge in [0.05, 0.1) is 22.0 Å². The van der Waals surface area contributed by atoms with Gasteiger partial charge in [0.1, 0.15) is 0 Å². The van der Waals surface area contributed by atoms with Crippen LogP contribution in [0.15, 0.2) is 52.9 Å². The molecule has 2 aromatic carbocycles. The Hall–Kier alpha value is -2.38. The van der Waals surface area contributed by atoms with Gasteiger partial charge in [-0.05, 0) is 31.0 Å². The van der Waals surface area contributed by atoms with E-state index >= 15 is 0 Å². The highest BCUT2D eigenvalue weighted by Crippen LogP contribution is 2.29. The molecule has 0 radical (unpaired) electrons. The molecule has 0 fully saturated rings. The van der Waals surface area contributed by atoms with Crippen molar-refractivity contribution in [1.29, 1.82) is 0 Å². The number of fused-ring (bicyclic) bond motifs is 1. The summed E-state index contributed by atoms with van der Waals surface area (Å²) in [4.78, 5) is 28.6. The number of carbonyl (C=O) groups excluding carboxylic acids is 2. The summed E-state index contributed by atoms with van der Waals surface area (Å²) in [6.45, 7) is 3.75. The molecule has 1 aromatic heterocycles. The summed E-state index contributed by atoms with van der Waals surface area (Å²) in [5.74, 6) is -0.601. The first-order valence-corrected chi connectivity index (χ1v) is 10.8. The standard InChI is InChI=1S/C21H22N2O3S2/c1-3-16(15-10-8-14(2)9-11-15)22-19(24)12-26-20(25)13-27-21-23-17-6-4-5-7-18(17)28-21/h4-11,16H,3,12-13H2,1-2H3,(H,22,24)/t16-/m1/s1. The molecule has 0 spiro atoms. The van der Waals surface area contributed by atoms with Gasteiger partial charge in [0.2, 0.25) is 0 Å². The van der Waals surface area contributed by atoms with E-state index in [9.17, 15) is 9.59 Å². The fraction of sp³-hybridized carbons (Fsp3) is 0.286. The lowest BCUT2D eigenvalue weighted by atomic mass is 10.0. The van der Waals surface area contributed by atoms with E-state index < -0.39 is 5.97 Å². The average molecular weight is 415 g/mol. The number of ether oxygens (including phenoxy) is 1. The largest absolute Gasteiger partial charge is 0.455 e. The lowest BCUT2D eigenvalue weighted by Crippen LogP contribution is -2.32. The number of rotatable bonds is 8. The van der Waals surface area contributed by atoms with Crippen molar-refractivity contribution in [3.63, 3.8) is 0 Å². The monoisotopic (exact) mass is 414 g/mol. The Bertz CT molecular complexity index is 921. The highest BCUT2D eigenvalue weighted by atomic mass is 32.2. The van der Waals surface area contributed by atoms with Crippen LogP contribution in [0.4, 0.5) is 0 Å². The molecule has 1 atom stereocenters. The number of para-hydroxylation sites is 1. The number of aryl methyl sites for hydroxylation is 1. The summed E-state index contributed by atoms with van der Waals surface area (Å²) in [5.41, 5.74) is 3.13. The van der Waals surface area contributed by atoms with Crippen molar-refractivity contribution in [2.24, 2.45) is 0 Å². The third-order valence-electron chi connectivity index (χ3n) is 4.18. The van der Waals surface area contributed by atoms with Crippen molar-refractivity contribution in [1.82, 2.24) is 10.3 Å². The fourth-order valence-corrected chi connectivity index (χ4v) is 4.54. The van der Waals surface area contributed by atoms with Crippen LogP contribution in [0.25, 0.3) is 10.2 Å². The summed E-state index contributed by atoms with van der Waals surface area (Å²) in [7, 11) is 0. The lowest BCUT2D eigenvalue weighted by Gasteiger charge is -2.17. The zero-order chi connectivity index (χ0) is 19.9. The van der Waals surface area contributed by atoms with E-state index in [-0.39, 0.29) is 24.3 Å². The number of thioether (sulfide) groups is 1. The van der Waals surface area contributed by atoms with Crippen LogP contribution in [0.3, 0.4) is 0 Å². The number of esters is 1. The minimum atomic E-state index is -0.428. The Morgan fingerprint density at radius 2 is 1.93 bits per heavy atom. The van der Waals surface area contributed by atoms with Gasteiger partial charge in [0.25, 0.3) is 5.91 Å². The maximum absolute atomic E-state index is 12.1. The molecule has 3 rings (SSSR count). The first-order valence-electron chi connectivity index (χ1n) is 9.05. The van der Waals surface area contributed by atoms with E-state index in [1.807, 2.05) is 62.4 Å². The molecule has 0 saturated carbocycles. The summed E-state index contributed by atoms with van der Waals surface area (Å²) < 4.78 is 7.00. The van der Waals surface area contributed by atoms with Crippen molar-refractivity contribution < 1.29 is 14.3 Å². The summed E-state index contributed by atoms with van der Waals surface area (Å²) in [5, 5.41) is 2.92. The predicted octanol–water partition coefficient (Wildman–Crippen LogP) is 4.51. The first-order chi connectivity index (χ1) is 13.5. The zero-order valence-electron chi connectivity index (χ0n) is 15.8. The van der Waals surface area contributed by atoms with Crippen LogP contribution in [-0.2, 0) is 14.3 Å². The second-order valence-corrected chi connectivity index (χ2v) is 8.59. The second kappa shape index (κ2) is 9.71. The van der Waals surface area contributed by atoms with Crippen molar-refractivity contribution in [3.05, 3.63) is 59.7 Å². The predicted molar refractivity (Wildman–Crippen MR) is 114 cm³/mol. The van der Waals surface area contributed by atoms with Crippen LogP contribution in [0.1, 0.15) is 30.5 Å². The van der Waals surface area contributed by atoms with Crippen molar-refractivity contribution in [3.8, 4) is 0 Å². The minimum absolute atomic E-state index is 0.0936. The molecule has 5 nitrogen and oxygen atoms in total. The topological polar surface area (TPSA) is 68.3 Å². The van der Waals surface area contributed by atoms with Gasteiger partial charge >= 0.3 is 5.97 Å². The van der Waals surface area contributed by atoms with Crippen LogP contribution in [0.2, 0.25) is 0 Å². The van der Waals surface area contributed by atoms with Crippen LogP contribution in [0, 0.1) is 6.92 Å². The van der Waals surface area contributed by atoms with E-state index in [2.05, 4.69) is 10.3 Å². The lowest BCUT2D eigenvalue weighted by molar-refractivity contribution is -0.146. The number of aromatic nitrogens is 1. The van der Waals surface area contributed by atoms with Crippen molar-refractivity contribution in [2.75, 3.05) is 12.4 Å². The Balaban J connectivity index is 1.44. The van der Waals surface area contributed by atoms with Gasteiger partial charge in [-0.3, -0.25) is 9.59 Å². The minimum Gasteiger partial charge on any atom is -0.455 e. The molecule has 1 heterocycles. The third kappa shape index (κ3) is 5.56. The van der Waals surface area contributed by atoms with Gasteiger partial charge in [-0.15, -0.1) is 11.3 Å². The quantitative estimate of drug-likeness (QED) is 0.434. The molecule has 0 aliphatic rings. The van der Waals surface area contributed by atoms with E-state index in [0.29, 0.717) is 0 Å². The normalized spacial score (nSPS) is 11.9. The molecule has 3 aromatic rings. The van der Waals surface area contributed by atoms with Crippen molar-refractivity contribution >= 4 is 45.2 Å². The Morgan fingerprint density at radius 3 is 2.64 bits per heavy atom. The van der Waals surface area contributed by atoms with Crippen LogP contribution in [0.5, 0.6) is 0 Å². The maximum Gasteiger partial charge on any atom is 0.316 e. The number of benzene rings is 2. The van der Waals surface area contributed by atoms with Gasteiger partial charge in [-0.2, -0.15) is 0 Å². The zero-order valence-corrected chi connectivity index (χ0v) is 17.4. The van der Waals surface area contributed by atoms with Crippen LogP contribution in [-0.4, -0.2) is 29.2 Å². The van der Waals surface area contributed by atoms with Gasteiger partial charge in [-0.25, -0.2) is 4.98 Å². The Morgan fingerprint density at radius 1 is 1.18 bits per heavy atom. The number of nitrogens with zero attached hydrogens (tertiary/aromatic N) is 1. The molecule has 0 aliphatic carbocycles. The second-order valence-electron chi connectivity index (χ2n) is 6.34. The van der Waals surface area contributed by atoms with E-state index in [1.54, 1.807) is 0 Å². The summed E-state index contributed by atoms with van der Waals surface area (Å²) in [6, 6.07) is 15.8. The number of nitrogens with one attached hydrogen (secondary N) is 1. The molecule has 1 N–H and O–H groups in total. The molecular formula is C21H22N2O3S2. The Labute approximate surface area is 172 Å². The number of amides is 1. The molecule has 1 amide bonds. The molecule has 0 saturated heterocycles. The van der Waals surface area contributed by atoms with Gasteiger partial charge in [-0.1, -0.05) is 60.6 Å². The van der Waals surface area contributed by atoms with Crippen LogP contribution < -0.4 is 5.32 Å². The SMILES string of the molecule is CC[C@@H](NC(=O)COC(=O)CSc1nc2ccccc2s1)c1ccc(C)cc1. The summed E-state index contributed by atoms with van der Waals surface area (Å²) >= 11 is 2.86. The first kappa shape index (κ1) is 20.4. The van der Waals surface area contributed by atoms with Gasteiger partial charge in [0, 0.05) is 0 Å². The summed E-state index contributed by atoms with van der Waals surface area (Å²) in [6.07, 6.45) is 0.760. The van der Waals surface area contributed by atoms with E-state index in [1.165, 1.54) is 28.7 Å². The molecule has 28 heavy (non-hydrogen) atoms. The number of hydrogen-bond donors (Lipinski definition) is 1.